The van der Waals surface area contributed by atoms with Gasteiger partial charge in [-0.1, -0.05) is 48.0 Å². The number of rotatable bonds is 8. The van der Waals surface area contributed by atoms with Crippen molar-refractivity contribution in [3.63, 3.8) is 0 Å². The van der Waals surface area contributed by atoms with E-state index in [1.165, 1.54) is 0 Å². The molecular weight excluding hydrogens is 338 g/mol. The van der Waals surface area contributed by atoms with E-state index in [1.54, 1.807) is 24.3 Å². The molecule has 0 spiro atoms. The first-order valence-corrected chi connectivity index (χ1v) is 9.34. The first-order chi connectivity index (χ1) is 12.0. The molecule has 2 aromatic carbocycles. The Labute approximate surface area is 149 Å². The van der Waals surface area contributed by atoms with Crippen LogP contribution in [0.4, 0.5) is 5.69 Å². The number of amides is 1. The number of carbonyl (C=O) groups is 2. The number of para-hydroxylation sites is 1. The Hall–Kier alpha value is -2.47. The summed E-state index contributed by atoms with van der Waals surface area (Å²) >= 11 is 0. The van der Waals surface area contributed by atoms with Gasteiger partial charge in [-0.3, -0.25) is 13.8 Å². The van der Waals surface area contributed by atoms with Crippen LogP contribution in [0.1, 0.15) is 17.5 Å². The Bertz CT molecular complexity index is 744. The Balaban J connectivity index is 1.92. The number of carbonyl (C=O) groups excluding carboxylic acids is 1. The molecule has 6 heteroatoms. The van der Waals surface area contributed by atoms with Crippen LogP contribution in [0.3, 0.4) is 0 Å². The lowest BCUT2D eigenvalue weighted by molar-refractivity contribution is -0.136. The molecule has 2 aromatic rings. The van der Waals surface area contributed by atoms with Gasteiger partial charge in [0.1, 0.15) is 11.0 Å². The van der Waals surface area contributed by atoms with Crippen molar-refractivity contribution in [1.29, 1.82) is 0 Å². The topological polar surface area (TPSA) is 83.5 Å². The second-order valence-electron chi connectivity index (χ2n) is 5.79. The van der Waals surface area contributed by atoms with E-state index in [4.69, 9.17) is 0 Å². The lowest BCUT2D eigenvalue weighted by Crippen LogP contribution is -2.32. The third-order valence-corrected chi connectivity index (χ3v) is 5.36. The SMILES string of the molecule is Cc1ccc(CCC(C(=O)O)S(=O)CC(=O)Nc2ccccc2)cc1. The van der Waals surface area contributed by atoms with Gasteiger partial charge < -0.3 is 10.4 Å². The number of aliphatic carboxylic acids is 1. The molecule has 0 heterocycles. The second-order valence-corrected chi connectivity index (χ2v) is 7.41. The summed E-state index contributed by atoms with van der Waals surface area (Å²) in [5.74, 6) is -1.93. The van der Waals surface area contributed by atoms with E-state index in [-0.39, 0.29) is 12.2 Å². The summed E-state index contributed by atoms with van der Waals surface area (Å²) in [6.45, 7) is 1.98. The number of carboxylic acid groups (broad SMARTS) is 1. The predicted molar refractivity (Wildman–Crippen MR) is 99.0 cm³/mol. The van der Waals surface area contributed by atoms with Crippen molar-refractivity contribution in [2.24, 2.45) is 0 Å². The first kappa shape index (κ1) is 18.9. The zero-order valence-corrected chi connectivity index (χ0v) is 14.8. The molecule has 2 atom stereocenters. The molecule has 2 unspecified atom stereocenters. The number of benzene rings is 2. The Morgan fingerprint density at radius 3 is 2.32 bits per heavy atom. The summed E-state index contributed by atoms with van der Waals surface area (Å²) in [4.78, 5) is 23.4. The van der Waals surface area contributed by atoms with Gasteiger partial charge in [0.15, 0.2) is 0 Å². The number of hydrogen-bond acceptors (Lipinski definition) is 3. The number of nitrogens with one attached hydrogen (secondary N) is 1. The van der Waals surface area contributed by atoms with Crippen LogP contribution in [0.2, 0.25) is 0 Å². The van der Waals surface area contributed by atoms with E-state index in [1.807, 2.05) is 37.3 Å². The van der Waals surface area contributed by atoms with Gasteiger partial charge in [0.2, 0.25) is 5.91 Å². The fourth-order valence-electron chi connectivity index (χ4n) is 2.37. The highest BCUT2D eigenvalue weighted by molar-refractivity contribution is 7.87. The van der Waals surface area contributed by atoms with Gasteiger partial charge >= 0.3 is 5.97 Å². The lowest BCUT2D eigenvalue weighted by atomic mass is 10.1. The molecule has 0 fully saturated rings. The highest BCUT2D eigenvalue weighted by atomic mass is 32.2. The average molecular weight is 359 g/mol. The van der Waals surface area contributed by atoms with E-state index in [0.29, 0.717) is 12.1 Å². The molecule has 25 heavy (non-hydrogen) atoms. The lowest BCUT2D eigenvalue weighted by Gasteiger charge is -2.12. The molecule has 0 aliphatic rings. The van der Waals surface area contributed by atoms with Crippen LogP contribution in [0.5, 0.6) is 0 Å². The first-order valence-electron chi connectivity index (χ1n) is 7.96. The zero-order chi connectivity index (χ0) is 18.2. The highest BCUT2D eigenvalue weighted by Crippen LogP contribution is 2.12. The molecule has 0 aliphatic heterocycles. The van der Waals surface area contributed by atoms with Gasteiger partial charge in [-0.05, 0) is 37.5 Å². The third-order valence-electron chi connectivity index (χ3n) is 3.74. The van der Waals surface area contributed by atoms with Crippen molar-refractivity contribution in [3.8, 4) is 0 Å². The quantitative estimate of drug-likeness (QED) is 0.759. The summed E-state index contributed by atoms with van der Waals surface area (Å²) in [5, 5.41) is 10.9. The van der Waals surface area contributed by atoms with Crippen molar-refractivity contribution in [2.75, 3.05) is 11.1 Å². The van der Waals surface area contributed by atoms with Crippen LogP contribution >= 0.6 is 0 Å². The monoisotopic (exact) mass is 359 g/mol. The molecule has 0 aromatic heterocycles. The summed E-state index contributed by atoms with van der Waals surface area (Å²) in [6.07, 6.45) is 0.729. The van der Waals surface area contributed by atoms with E-state index in [9.17, 15) is 18.9 Å². The Morgan fingerprint density at radius 1 is 1.08 bits per heavy atom. The standard InChI is InChI=1S/C19H21NO4S/c1-14-7-9-15(10-8-14)11-12-17(19(22)23)25(24)13-18(21)20-16-5-3-2-4-6-16/h2-10,17H,11-13H2,1H3,(H,20,21)(H,22,23). The van der Waals surface area contributed by atoms with Crippen molar-refractivity contribution in [1.82, 2.24) is 0 Å². The maximum atomic E-state index is 12.3. The van der Waals surface area contributed by atoms with Crippen LogP contribution in [0.15, 0.2) is 54.6 Å². The van der Waals surface area contributed by atoms with E-state index < -0.39 is 27.9 Å². The second kappa shape index (κ2) is 9.13. The van der Waals surface area contributed by atoms with Crippen molar-refractivity contribution >= 4 is 28.4 Å². The maximum absolute atomic E-state index is 12.3. The summed E-state index contributed by atoms with van der Waals surface area (Å²) < 4.78 is 12.3. The molecule has 0 aliphatic carbocycles. The van der Waals surface area contributed by atoms with Crippen LogP contribution in [0.25, 0.3) is 0 Å². The van der Waals surface area contributed by atoms with Crippen molar-refractivity contribution < 1.29 is 18.9 Å². The molecule has 0 saturated heterocycles. The molecule has 132 valence electrons. The van der Waals surface area contributed by atoms with Gasteiger partial charge in [-0.2, -0.15) is 0 Å². The average Bonchev–Trinajstić information content (AvgIpc) is 2.57. The molecule has 0 saturated carbocycles. The number of anilines is 1. The molecular formula is C19H21NO4S. The minimum atomic E-state index is -1.78. The summed E-state index contributed by atoms with van der Waals surface area (Å²) in [5.41, 5.74) is 2.71. The van der Waals surface area contributed by atoms with E-state index >= 15 is 0 Å². The normalized spacial score (nSPS) is 13.0. The largest absolute Gasteiger partial charge is 0.480 e. The van der Waals surface area contributed by atoms with Crippen LogP contribution in [-0.4, -0.2) is 32.2 Å². The van der Waals surface area contributed by atoms with Crippen molar-refractivity contribution in [3.05, 3.63) is 65.7 Å². The van der Waals surface area contributed by atoms with E-state index in [0.717, 1.165) is 11.1 Å². The van der Waals surface area contributed by atoms with Crippen LogP contribution in [-0.2, 0) is 26.8 Å². The third kappa shape index (κ3) is 6.15. The fourth-order valence-corrected chi connectivity index (χ4v) is 3.51. The molecule has 1 amide bonds. The van der Waals surface area contributed by atoms with E-state index in [2.05, 4.69) is 5.32 Å². The van der Waals surface area contributed by atoms with Gasteiger partial charge in [0.25, 0.3) is 0 Å². The van der Waals surface area contributed by atoms with Crippen LogP contribution in [0, 0.1) is 6.92 Å². The van der Waals surface area contributed by atoms with Gasteiger partial charge in [-0.15, -0.1) is 0 Å². The van der Waals surface area contributed by atoms with Gasteiger partial charge in [0.05, 0.1) is 0 Å². The summed E-state index contributed by atoms with van der Waals surface area (Å²) in [6, 6.07) is 16.6. The molecule has 0 radical (unpaired) electrons. The Kier molecular flexibility index (Phi) is 6.89. The molecule has 2 rings (SSSR count). The van der Waals surface area contributed by atoms with Crippen LogP contribution < -0.4 is 5.32 Å². The molecule has 2 N–H and O–H groups in total. The molecule has 5 nitrogen and oxygen atoms in total. The van der Waals surface area contributed by atoms with Crippen molar-refractivity contribution in [2.45, 2.75) is 25.0 Å². The summed E-state index contributed by atoms with van der Waals surface area (Å²) in [7, 11) is -1.78. The minimum absolute atomic E-state index is 0.226. The highest BCUT2D eigenvalue weighted by Gasteiger charge is 2.26. The zero-order valence-electron chi connectivity index (χ0n) is 14.0. The minimum Gasteiger partial charge on any atom is -0.480 e. The van der Waals surface area contributed by atoms with Gasteiger partial charge in [-0.25, -0.2) is 0 Å². The molecule has 0 bridgehead atoms. The predicted octanol–water partition coefficient (Wildman–Crippen LogP) is 2.77. The fraction of sp³-hybridized carbons (Fsp3) is 0.263. The number of carboxylic acids is 1. The maximum Gasteiger partial charge on any atom is 0.319 e. The Morgan fingerprint density at radius 2 is 1.72 bits per heavy atom. The number of hydrogen-bond donors (Lipinski definition) is 2. The number of aryl methyl sites for hydroxylation is 2. The smallest absolute Gasteiger partial charge is 0.319 e. The van der Waals surface area contributed by atoms with Gasteiger partial charge in [0, 0.05) is 16.5 Å².